The van der Waals surface area contributed by atoms with Gasteiger partial charge in [-0.3, -0.25) is 10.1 Å². The van der Waals surface area contributed by atoms with Crippen molar-refractivity contribution in [2.45, 2.75) is 19.5 Å². The second-order valence-corrected chi connectivity index (χ2v) is 4.72. The predicted octanol–water partition coefficient (Wildman–Crippen LogP) is 2.23. The van der Waals surface area contributed by atoms with E-state index >= 15 is 0 Å². The quantitative estimate of drug-likeness (QED) is 0.631. The highest BCUT2D eigenvalue weighted by Crippen LogP contribution is 2.24. The van der Waals surface area contributed by atoms with Crippen LogP contribution in [0.25, 0.3) is 0 Å². The van der Waals surface area contributed by atoms with Crippen molar-refractivity contribution >= 4 is 16.3 Å². The Morgan fingerprint density at radius 2 is 2.47 bits per heavy atom. The number of H-pyrrole nitrogens is 1. The zero-order chi connectivity index (χ0) is 12.3. The number of nitrogens with one attached hydrogen (secondary N) is 2. The van der Waals surface area contributed by atoms with Crippen LogP contribution in [0.5, 0.6) is 0 Å². The Bertz CT molecular complexity index is 494. The van der Waals surface area contributed by atoms with E-state index in [-0.39, 0.29) is 16.0 Å². The molecule has 0 aliphatic heterocycles. The predicted molar refractivity (Wildman–Crippen MR) is 64.8 cm³/mol. The van der Waals surface area contributed by atoms with Crippen LogP contribution in [0.3, 0.4) is 0 Å². The van der Waals surface area contributed by atoms with E-state index in [4.69, 9.17) is 0 Å². The first kappa shape index (κ1) is 11.7. The molecule has 0 saturated carbocycles. The summed E-state index contributed by atoms with van der Waals surface area (Å²) in [5.74, 6) is 0.857. The van der Waals surface area contributed by atoms with E-state index in [1.54, 1.807) is 18.5 Å². The van der Waals surface area contributed by atoms with Crippen molar-refractivity contribution < 1.29 is 4.92 Å². The molecule has 0 bridgehead atoms. The maximum Gasteiger partial charge on any atom is 0.324 e. The molecular formula is C10H12N4O2S. The van der Waals surface area contributed by atoms with E-state index in [0.717, 1.165) is 10.7 Å². The van der Waals surface area contributed by atoms with Crippen LogP contribution in [0.4, 0.5) is 5.00 Å². The molecule has 2 aromatic rings. The van der Waals surface area contributed by atoms with Gasteiger partial charge >= 0.3 is 5.00 Å². The van der Waals surface area contributed by atoms with Gasteiger partial charge in [0.25, 0.3) is 0 Å². The molecule has 2 rings (SSSR count). The lowest BCUT2D eigenvalue weighted by molar-refractivity contribution is -0.380. The molecule has 1 atom stereocenters. The average Bonchev–Trinajstić information content (AvgIpc) is 2.97. The van der Waals surface area contributed by atoms with E-state index in [9.17, 15) is 10.1 Å². The maximum absolute atomic E-state index is 10.5. The van der Waals surface area contributed by atoms with Gasteiger partial charge in [-0.05, 0) is 13.0 Å². The highest BCUT2D eigenvalue weighted by molar-refractivity contribution is 7.15. The fourth-order valence-electron chi connectivity index (χ4n) is 1.42. The molecular weight excluding hydrogens is 240 g/mol. The average molecular weight is 252 g/mol. The summed E-state index contributed by atoms with van der Waals surface area (Å²) in [5, 5.41) is 13.9. The Morgan fingerprint density at radius 3 is 3.06 bits per heavy atom. The molecule has 6 nitrogen and oxygen atoms in total. The monoisotopic (exact) mass is 252 g/mol. The third-order valence-corrected chi connectivity index (χ3v) is 3.38. The van der Waals surface area contributed by atoms with Crippen LogP contribution in [-0.2, 0) is 6.54 Å². The summed E-state index contributed by atoms with van der Waals surface area (Å²) >= 11 is 1.19. The van der Waals surface area contributed by atoms with Crippen molar-refractivity contribution in [3.8, 4) is 0 Å². The first-order valence-electron chi connectivity index (χ1n) is 5.12. The molecule has 0 saturated heterocycles. The third kappa shape index (κ3) is 2.89. The fraction of sp³-hybridized carbons (Fsp3) is 0.300. The molecule has 0 aromatic carbocycles. The number of aromatic amines is 1. The van der Waals surface area contributed by atoms with Gasteiger partial charge in [0.1, 0.15) is 5.82 Å². The fourth-order valence-corrected chi connectivity index (χ4v) is 2.20. The second-order valence-electron chi connectivity index (χ2n) is 3.57. The first-order chi connectivity index (χ1) is 8.16. The molecule has 7 heteroatoms. The van der Waals surface area contributed by atoms with Crippen molar-refractivity contribution in [3.63, 3.8) is 0 Å². The zero-order valence-corrected chi connectivity index (χ0v) is 10.0. The Kier molecular flexibility index (Phi) is 3.50. The van der Waals surface area contributed by atoms with Crippen LogP contribution in [0, 0.1) is 10.1 Å². The van der Waals surface area contributed by atoms with Crippen LogP contribution in [0.2, 0.25) is 0 Å². The molecule has 0 aliphatic rings. The van der Waals surface area contributed by atoms with Crippen molar-refractivity contribution in [2.75, 3.05) is 0 Å². The topological polar surface area (TPSA) is 83.8 Å². The van der Waals surface area contributed by atoms with Crippen LogP contribution in [-0.4, -0.2) is 14.9 Å². The van der Waals surface area contributed by atoms with Crippen molar-refractivity contribution in [1.29, 1.82) is 0 Å². The summed E-state index contributed by atoms with van der Waals surface area (Å²) in [4.78, 5) is 18.2. The van der Waals surface area contributed by atoms with E-state index in [1.165, 1.54) is 17.4 Å². The Labute approximate surface area is 102 Å². The lowest BCUT2D eigenvalue weighted by atomic mass is 10.3. The molecule has 1 unspecified atom stereocenters. The molecule has 0 aliphatic carbocycles. The molecule has 0 spiro atoms. The first-order valence-corrected chi connectivity index (χ1v) is 5.94. The molecule has 0 fully saturated rings. The minimum absolute atomic E-state index is 0.0890. The van der Waals surface area contributed by atoms with Gasteiger partial charge in [0, 0.05) is 29.9 Å². The van der Waals surface area contributed by atoms with Crippen molar-refractivity contribution in [1.82, 2.24) is 15.3 Å². The number of hydrogen-bond acceptors (Lipinski definition) is 5. The molecule has 17 heavy (non-hydrogen) atoms. The van der Waals surface area contributed by atoms with Gasteiger partial charge in [-0.15, -0.1) is 0 Å². The second kappa shape index (κ2) is 5.07. The molecule has 0 radical (unpaired) electrons. The number of imidazole rings is 1. The van der Waals surface area contributed by atoms with Gasteiger partial charge in [0.2, 0.25) is 0 Å². The number of hydrogen-bond donors (Lipinski definition) is 2. The summed E-state index contributed by atoms with van der Waals surface area (Å²) in [6.45, 7) is 2.58. The maximum atomic E-state index is 10.5. The third-order valence-electron chi connectivity index (χ3n) is 2.34. The molecule has 0 amide bonds. The van der Waals surface area contributed by atoms with Crippen LogP contribution in [0.1, 0.15) is 23.7 Å². The smallest absolute Gasteiger partial charge is 0.324 e. The number of nitrogens with zero attached hydrogens (tertiary/aromatic N) is 2. The largest absolute Gasteiger partial charge is 0.347 e. The Balaban J connectivity index is 1.91. The number of thiophene rings is 1. The minimum Gasteiger partial charge on any atom is -0.347 e. The lowest BCUT2D eigenvalue weighted by Gasteiger charge is -2.09. The molecule has 2 aromatic heterocycles. The van der Waals surface area contributed by atoms with E-state index in [1.807, 2.05) is 6.92 Å². The van der Waals surface area contributed by atoms with Crippen molar-refractivity contribution in [2.24, 2.45) is 0 Å². The van der Waals surface area contributed by atoms with Crippen molar-refractivity contribution in [3.05, 3.63) is 45.3 Å². The van der Waals surface area contributed by atoms with Gasteiger partial charge in [-0.25, -0.2) is 4.98 Å². The zero-order valence-electron chi connectivity index (χ0n) is 9.21. The van der Waals surface area contributed by atoms with Gasteiger partial charge < -0.3 is 10.3 Å². The molecule has 2 heterocycles. The number of aromatic nitrogens is 2. The number of nitro groups is 1. The molecule has 2 N–H and O–H groups in total. The van der Waals surface area contributed by atoms with E-state index in [2.05, 4.69) is 15.3 Å². The highest BCUT2D eigenvalue weighted by Gasteiger charge is 2.11. The van der Waals surface area contributed by atoms with Crippen LogP contribution < -0.4 is 5.32 Å². The van der Waals surface area contributed by atoms with Gasteiger partial charge in [0.15, 0.2) is 0 Å². The SMILES string of the molecule is CC(NCc1ccc([N+](=O)[O-])s1)c1ncc[nH]1. The summed E-state index contributed by atoms with van der Waals surface area (Å²) < 4.78 is 0. The summed E-state index contributed by atoms with van der Waals surface area (Å²) in [6.07, 6.45) is 3.47. The molecule has 90 valence electrons. The van der Waals surface area contributed by atoms with E-state index in [0.29, 0.717) is 6.54 Å². The Morgan fingerprint density at radius 1 is 1.65 bits per heavy atom. The van der Waals surface area contributed by atoms with Gasteiger partial charge in [-0.1, -0.05) is 11.3 Å². The summed E-state index contributed by atoms with van der Waals surface area (Å²) in [7, 11) is 0. The normalized spacial score (nSPS) is 12.5. The minimum atomic E-state index is -0.371. The van der Waals surface area contributed by atoms with Gasteiger partial charge in [0.05, 0.1) is 11.0 Å². The number of rotatable bonds is 5. The van der Waals surface area contributed by atoms with Crippen LogP contribution in [0.15, 0.2) is 24.5 Å². The Hall–Kier alpha value is -1.73. The van der Waals surface area contributed by atoms with Gasteiger partial charge in [-0.2, -0.15) is 0 Å². The summed E-state index contributed by atoms with van der Waals surface area (Å²) in [6, 6.07) is 3.38. The van der Waals surface area contributed by atoms with E-state index < -0.39 is 0 Å². The highest BCUT2D eigenvalue weighted by atomic mass is 32.1. The standard InChI is InChI=1S/C10H12N4O2S/c1-7(10-11-4-5-12-10)13-6-8-2-3-9(17-8)14(15)16/h2-5,7,13H,6H2,1H3,(H,11,12). The summed E-state index contributed by atoms with van der Waals surface area (Å²) in [5.41, 5.74) is 0. The van der Waals surface area contributed by atoms with Crippen LogP contribution >= 0.6 is 11.3 Å². The lowest BCUT2D eigenvalue weighted by Crippen LogP contribution is -2.18.